The highest BCUT2D eigenvalue weighted by Crippen LogP contribution is 2.36. The van der Waals surface area contributed by atoms with Crippen LogP contribution in [0.15, 0.2) is 84.0 Å². The van der Waals surface area contributed by atoms with Crippen LogP contribution in [0, 0.1) is 0 Å². The van der Waals surface area contributed by atoms with Crippen LogP contribution in [-0.4, -0.2) is 52.1 Å². The van der Waals surface area contributed by atoms with E-state index in [0.29, 0.717) is 0 Å². The van der Waals surface area contributed by atoms with E-state index in [1.54, 1.807) is 11.8 Å². The molecular formula is C26H28N6S. The molecule has 0 saturated carbocycles. The molecule has 2 aromatic carbocycles. The molecule has 0 unspecified atom stereocenters. The quantitative estimate of drug-likeness (QED) is 0.390. The van der Waals surface area contributed by atoms with E-state index in [9.17, 15) is 0 Å². The highest BCUT2D eigenvalue weighted by atomic mass is 32.2. The topological polar surface area (TPSA) is 58.0 Å². The molecule has 4 aromatic rings. The van der Waals surface area contributed by atoms with Gasteiger partial charge in [0.15, 0.2) is 0 Å². The van der Waals surface area contributed by atoms with Crippen molar-refractivity contribution in [3.8, 4) is 16.8 Å². The van der Waals surface area contributed by atoms with Crippen LogP contribution in [0.2, 0.25) is 0 Å². The minimum Gasteiger partial charge on any atom is -0.340 e. The lowest BCUT2D eigenvalue weighted by atomic mass is 10.1. The average molecular weight is 457 g/mol. The van der Waals surface area contributed by atoms with Crippen molar-refractivity contribution < 1.29 is 0 Å². The Morgan fingerprint density at radius 2 is 1.70 bits per heavy atom. The molecule has 6 nitrogen and oxygen atoms in total. The molecule has 7 heteroatoms. The molecule has 0 aliphatic carbocycles. The molecule has 1 fully saturated rings. The molecule has 2 N–H and O–H groups in total. The first-order valence-electron chi connectivity index (χ1n) is 11.2. The Balaban J connectivity index is 1.58. The number of rotatable bonds is 7. The zero-order valence-electron chi connectivity index (χ0n) is 18.7. The number of pyridine rings is 1. The van der Waals surface area contributed by atoms with E-state index in [4.69, 9.17) is 5.10 Å². The number of benzene rings is 2. The molecule has 168 valence electrons. The van der Waals surface area contributed by atoms with E-state index < -0.39 is 0 Å². The molecule has 1 saturated heterocycles. The summed E-state index contributed by atoms with van der Waals surface area (Å²) in [5, 5.41) is 13.0. The molecule has 0 spiro atoms. The summed E-state index contributed by atoms with van der Waals surface area (Å²) in [5.74, 6) is 0.825. The molecule has 5 rings (SSSR count). The third-order valence-electron chi connectivity index (χ3n) is 5.82. The summed E-state index contributed by atoms with van der Waals surface area (Å²) in [7, 11) is 0. The Morgan fingerprint density at radius 1 is 0.970 bits per heavy atom. The van der Waals surface area contributed by atoms with Crippen LogP contribution in [0.1, 0.15) is 5.69 Å². The number of nitrogens with one attached hydrogen (secondary N) is 2. The van der Waals surface area contributed by atoms with Gasteiger partial charge in [-0.3, -0.25) is 4.90 Å². The van der Waals surface area contributed by atoms with Crippen LogP contribution in [-0.2, 0) is 6.54 Å². The maximum Gasteiger partial charge on any atom is 0.130 e. The van der Waals surface area contributed by atoms with Crippen molar-refractivity contribution in [1.82, 2.24) is 25.0 Å². The minimum atomic E-state index is 0.825. The van der Waals surface area contributed by atoms with Crippen LogP contribution in [0.25, 0.3) is 16.8 Å². The lowest BCUT2D eigenvalue weighted by molar-refractivity contribution is 0.229. The largest absolute Gasteiger partial charge is 0.340 e. The Bertz CT molecular complexity index is 1190. The normalized spacial score (nSPS) is 14.3. The SMILES string of the molecule is CSc1nn(-c2ccccc2)c(CN2CCNCC2)c1-c1ccnc(Nc2ccccc2)c1. The Kier molecular flexibility index (Phi) is 6.71. The summed E-state index contributed by atoms with van der Waals surface area (Å²) in [6, 6.07) is 24.8. The van der Waals surface area contributed by atoms with E-state index in [2.05, 4.69) is 67.9 Å². The van der Waals surface area contributed by atoms with E-state index >= 15 is 0 Å². The Hall–Kier alpha value is -3.13. The van der Waals surface area contributed by atoms with Gasteiger partial charge in [-0.15, -0.1) is 11.8 Å². The van der Waals surface area contributed by atoms with Gasteiger partial charge < -0.3 is 10.6 Å². The van der Waals surface area contributed by atoms with Gasteiger partial charge in [0.1, 0.15) is 10.8 Å². The summed E-state index contributed by atoms with van der Waals surface area (Å²) >= 11 is 1.69. The first-order chi connectivity index (χ1) is 16.3. The zero-order valence-corrected chi connectivity index (χ0v) is 19.6. The predicted octanol–water partition coefficient (Wildman–Crippen LogP) is 4.81. The van der Waals surface area contributed by atoms with Gasteiger partial charge in [0.2, 0.25) is 0 Å². The fourth-order valence-corrected chi connectivity index (χ4v) is 4.80. The Morgan fingerprint density at radius 3 is 2.42 bits per heavy atom. The van der Waals surface area contributed by atoms with E-state index in [1.165, 1.54) is 11.3 Å². The summed E-state index contributed by atoms with van der Waals surface area (Å²) in [6.07, 6.45) is 3.97. The van der Waals surface area contributed by atoms with Gasteiger partial charge in [0.05, 0.1) is 11.4 Å². The number of piperazine rings is 1. The van der Waals surface area contributed by atoms with Crippen LogP contribution >= 0.6 is 11.8 Å². The molecule has 3 heterocycles. The summed E-state index contributed by atoms with van der Waals surface area (Å²) in [6.45, 7) is 4.95. The highest BCUT2D eigenvalue weighted by molar-refractivity contribution is 7.98. The first kappa shape index (κ1) is 21.7. The number of thioether (sulfide) groups is 1. The monoisotopic (exact) mass is 456 g/mol. The smallest absolute Gasteiger partial charge is 0.130 e. The maximum absolute atomic E-state index is 5.05. The average Bonchev–Trinajstić information content (AvgIpc) is 3.24. The fraction of sp³-hybridized carbons (Fsp3) is 0.231. The molecule has 0 amide bonds. The highest BCUT2D eigenvalue weighted by Gasteiger charge is 2.23. The van der Waals surface area contributed by atoms with Gasteiger partial charge in [-0.05, 0) is 48.2 Å². The minimum absolute atomic E-state index is 0.825. The molecule has 0 atom stereocenters. The number of anilines is 2. The van der Waals surface area contributed by atoms with Crippen molar-refractivity contribution in [3.05, 3.63) is 84.7 Å². The van der Waals surface area contributed by atoms with Crippen molar-refractivity contribution in [2.45, 2.75) is 11.6 Å². The lowest BCUT2D eigenvalue weighted by Crippen LogP contribution is -2.43. The van der Waals surface area contributed by atoms with Gasteiger partial charge >= 0.3 is 0 Å². The second-order valence-electron chi connectivity index (χ2n) is 8.03. The van der Waals surface area contributed by atoms with E-state index in [1.807, 2.05) is 42.6 Å². The van der Waals surface area contributed by atoms with Gasteiger partial charge in [0, 0.05) is 50.2 Å². The van der Waals surface area contributed by atoms with Crippen LogP contribution < -0.4 is 10.6 Å². The van der Waals surface area contributed by atoms with E-state index in [-0.39, 0.29) is 0 Å². The second-order valence-corrected chi connectivity index (χ2v) is 8.82. The van der Waals surface area contributed by atoms with Crippen LogP contribution in [0.4, 0.5) is 11.5 Å². The lowest BCUT2D eigenvalue weighted by Gasteiger charge is -2.27. The summed E-state index contributed by atoms with van der Waals surface area (Å²) in [4.78, 5) is 7.07. The molecule has 0 bridgehead atoms. The molecular weight excluding hydrogens is 428 g/mol. The number of para-hydroxylation sites is 2. The third-order valence-corrected chi connectivity index (χ3v) is 6.49. The Labute approximate surface area is 199 Å². The van der Waals surface area contributed by atoms with Crippen molar-refractivity contribution >= 4 is 23.3 Å². The number of hydrogen-bond acceptors (Lipinski definition) is 6. The van der Waals surface area contributed by atoms with Crippen molar-refractivity contribution in [2.24, 2.45) is 0 Å². The number of aromatic nitrogens is 3. The summed E-state index contributed by atoms with van der Waals surface area (Å²) < 4.78 is 2.12. The molecule has 2 aromatic heterocycles. The van der Waals surface area contributed by atoms with Crippen LogP contribution in [0.3, 0.4) is 0 Å². The molecule has 0 radical (unpaired) electrons. The second kappa shape index (κ2) is 10.2. The van der Waals surface area contributed by atoms with E-state index in [0.717, 1.165) is 60.5 Å². The summed E-state index contributed by atoms with van der Waals surface area (Å²) in [5.41, 5.74) is 5.63. The van der Waals surface area contributed by atoms with Crippen molar-refractivity contribution in [1.29, 1.82) is 0 Å². The fourth-order valence-electron chi connectivity index (χ4n) is 4.20. The van der Waals surface area contributed by atoms with Crippen LogP contribution in [0.5, 0.6) is 0 Å². The van der Waals surface area contributed by atoms with Gasteiger partial charge in [0.25, 0.3) is 0 Å². The predicted molar refractivity (Wildman–Crippen MR) is 136 cm³/mol. The molecule has 1 aliphatic heterocycles. The van der Waals surface area contributed by atoms with Crippen molar-refractivity contribution in [3.63, 3.8) is 0 Å². The molecule has 33 heavy (non-hydrogen) atoms. The first-order valence-corrected chi connectivity index (χ1v) is 12.5. The standard InChI is InChI=1S/C26H28N6S/c1-33-26-25(20-12-13-28-24(18-20)29-21-8-4-2-5-9-21)23(19-31-16-14-27-15-17-31)32(30-26)22-10-6-3-7-11-22/h2-13,18,27H,14-17,19H2,1H3,(H,28,29). The van der Waals surface area contributed by atoms with Gasteiger partial charge in [-0.1, -0.05) is 36.4 Å². The van der Waals surface area contributed by atoms with Gasteiger partial charge in [-0.2, -0.15) is 5.10 Å². The third kappa shape index (κ3) is 4.95. The van der Waals surface area contributed by atoms with Crippen molar-refractivity contribution in [2.75, 3.05) is 37.8 Å². The maximum atomic E-state index is 5.05. The zero-order chi connectivity index (χ0) is 22.5. The number of nitrogens with zero attached hydrogens (tertiary/aromatic N) is 4. The molecule has 1 aliphatic rings. The number of hydrogen-bond donors (Lipinski definition) is 2. The van der Waals surface area contributed by atoms with Gasteiger partial charge in [-0.25, -0.2) is 9.67 Å².